The van der Waals surface area contributed by atoms with Crippen molar-refractivity contribution in [1.29, 1.82) is 0 Å². The van der Waals surface area contributed by atoms with Gasteiger partial charge in [0, 0.05) is 18.4 Å². The first-order valence-electron chi connectivity index (χ1n) is 8.12. The second-order valence-corrected chi connectivity index (χ2v) is 6.33. The Hall–Kier alpha value is -2.49. The monoisotopic (exact) mass is 306 g/mol. The maximum atomic E-state index is 12.6. The van der Waals surface area contributed by atoms with Crippen molar-refractivity contribution in [2.24, 2.45) is 0 Å². The van der Waals surface area contributed by atoms with Gasteiger partial charge in [0.15, 0.2) is 0 Å². The lowest BCUT2D eigenvalue weighted by atomic mass is 9.81. The zero-order valence-corrected chi connectivity index (χ0v) is 12.8. The summed E-state index contributed by atoms with van der Waals surface area (Å²) in [6.07, 6.45) is 7.51. The average molecular weight is 306 g/mol. The molecule has 23 heavy (non-hydrogen) atoms. The molecule has 0 unspecified atom stereocenters. The number of benzene rings is 1. The molecule has 4 rings (SSSR count). The van der Waals surface area contributed by atoms with Gasteiger partial charge in [-0.25, -0.2) is 0 Å². The summed E-state index contributed by atoms with van der Waals surface area (Å²) in [5.74, 6) is 0.0941. The summed E-state index contributed by atoms with van der Waals surface area (Å²) in [7, 11) is 0. The molecule has 1 aliphatic heterocycles. The Labute approximate surface area is 135 Å². The average Bonchev–Trinajstić information content (AvgIpc) is 2.87. The van der Waals surface area contributed by atoms with E-state index in [1.54, 1.807) is 18.3 Å². The van der Waals surface area contributed by atoms with Gasteiger partial charge in [0.1, 0.15) is 0 Å². The summed E-state index contributed by atoms with van der Waals surface area (Å²) in [5.41, 5.74) is 2.29. The molecule has 1 aromatic carbocycles. The molecule has 2 amide bonds. The molecule has 0 spiro atoms. The number of hydrogen-bond acceptors (Lipinski definition) is 3. The molecule has 4 heteroatoms. The lowest BCUT2D eigenvalue weighted by molar-refractivity contribution is 0.0539. The fraction of sp³-hybridized carbons (Fsp3) is 0.316. The first kappa shape index (κ1) is 14.1. The Balaban J connectivity index is 1.59. The van der Waals surface area contributed by atoms with Crippen LogP contribution in [-0.4, -0.2) is 27.7 Å². The van der Waals surface area contributed by atoms with Crippen LogP contribution in [-0.2, 0) is 0 Å². The van der Waals surface area contributed by atoms with E-state index in [0.717, 1.165) is 25.7 Å². The molecule has 2 heterocycles. The second-order valence-electron chi connectivity index (χ2n) is 6.33. The molecule has 0 radical (unpaired) electrons. The van der Waals surface area contributed by atoms with Gasteiger partial charge in [-0.1, -0.05) is 24.6 Å². The van der Waals surface area contributed by atoms with E-state index in [-0.39, 0.29) is 17.9 Å². The maximum Gasteiger partial charge on any atom is 0.261 e. The summed E-state index contributed by atoms with van der Waals surface area (Å²) in [6, 6.07) is 11.1. The van der Waals surface area contributed by atoms with Gasteiger partial charge >= 0.3 is 0 Å². The van der Waals surface area contributed by atoms with Crippen LogP contribution in [0.5, 0.6) is 0 Å². The third-order valence-corrected chi connectivity index (χ3v) is 4.99. The number of rotatable bonds is 2. The molecule has 1 fully saturated rings. The molecule has 2 aromatic rings. The smallest absolute Gasteiger partial charge is 0.261 e. The molecule has 0 saturated heterocycles. The van der Waals surface area contributed by atoms with Crippen LogP contribution in [0.1, 0.15) is 57.9 Å². The molecule has 1 aromatic heterocycles. The number of imide groups is 1. The maximum absolute atomic E-state index is 12.6. The Morgan fingerprint density at radius 3 is 2.35 bits per heavy atom. The molecule has 116 valence electrons. The second kappa shape index (κ2) is 5.61. The molecular formula is C19H18N2O2. The minimum Gasteiger partial charge on any atom is -0.271 e. The van der Waals surface area contributed by atoms with Crippen molar-refractivity contribution in [2.75, 3.05) is 0 Å². The predicted molar refractivity (Wildman–Crippen MR) is 86.2 cm³/mol. The zero-order valence-electron chi connectivity index (χ0n) is 12.8. The largest absolute Gasteiger partial charge is 0.271 e. The Morgan fingerprint density at radius 1 is 0.957 bits per heavy atom. The van der Waals surface area contributed by atoms with Crippen LogP contribution in [0.2, 0.25) is 0 Å². The molecule has 2 atom stereocenters. The van der Waals surface area contributed by atoms with Crippen LogP contribution in [0.4, 0.5) is 0 Å². The van der Waals surface area contributed by atoms with Gasteiger partial charge in [0.2, 0.25) is 0 Å². The van der Waals surface area contributed by atoms with Crippen LogP contribution in [0.3, 0.4) is 0 Å². The van der Waals surface area contributed by atoms with Gasteiger partial charge in [-0.3, -0.25) is 19.5 Å². The van der Waals surface area contributed by atoms with Crippen molar-refractivity contribution >= 4 is 11.8 Å². The number of carbonyl (C=O) groups excluding carboxylic acids is 2. The zero-order chi connectivity index (χ0) is 15.8. The van der Waals surface area contributed by atoms with Gasteiger partial charge in [0.25, 0.3) is 11.8 Å². The number of nitrogens with zero attached hydrogens (tertiary/aromatic N) is 2. The highest BCUT2D eigenvalue weighted by Gasteiger charge is 2.41. The van der Waals surface area contributed by atoms with Gasteiger partial charge in [0.05, 0.1) is 11.1 Å². The predicted octanol–water partition coefficient (Wildman–Crippen LogP) is 3.40. The van der Waals surface area contributed by atoms with Crippen LogP contribution in [0, 0.1) is 0 Å². The van der Waals surface area contributed by atoms with Crippen molar-refractivity contribution < 1.29 is 9.59 Å². The van der Waals surface area contributed by atoms with E-state index in [4.69, 9.17) is 0 Å². The first-order chi connectivity index (χ1) is 11.3. The molecular weight excluding hydrogens is 288 g/mol. The summed E-state index contributed by atoms with van der Waals surface area (Å²) >= 11 is 0. The molecule has 1 aliphatic carbocycles. The van der Waals surface area contributed by atoms with Gasteiger partial charge in [-0.05, 0) is 48.9 Å². The lowest BCUT2D eigenvalue weighted by Gasteiger charge is -2.34. The van der Waals surface area contributed by atoms with Gasteiger partial charge in [-0.15, -0.1) is 0 Å². The fourth-order valence-electron chi connectivity index (χ4n) is 3.86. The summed E-state index contributed by atoms with van der Waals surface area (Å²) in [5, 5.41) is 0. The Morgan fingerprint density at radius 2 is 1.70 bits per heavy atom. The number of carbonyl (C=O) groups is 2. The lowest BCUT2D eigenvalue weighted by Crippen LogP contribution is -2.42. The third-order valence-electron chi connectivity index (χ3n) is 4.99. The fourth-order valence-corrected chi connectivity index (χ4v) is 3.86. The SMILES string of the molecule is O=C1c2ccccc2C(=O)N1[C@@H]1CCC[C@@H](c2cccnc2)C1. The molecule has 0 bridgehead atoms. The van der Waals surface area contributed by atoms with E-state index in [0.29, 0.717) is 17.0 Å². The van der Waals surface area contributed by atoms with Crippen LogP contribution >= 0.6 is 0 Å². The standard InChI is InChI=1S/C19H18N2O2/c22-18-16-8-1-2-9-17(16)19(23)21(18)15-7-3-5-13(11-15)14-6-4-10-20-12-14/h1-2,4,6,8-10,12-13,15H,3,5,7,11H2/t13-,15-/m1/s1. The summed E-state index contributed by atoms with van der Waals surface area (Å²) in [6.45, 7) is 0. The van der Waals surface area contributed by atoms with E-state index < -0.39 is 0 Å². The number of fused-ring (bicyclic) bond motifs is 1. The first-order valence-corrected chi connectivity index (χ1v) is 8.12. The normalized spacial score (nSPS) is 23.9. The van der Waals surface area contributed by atoms with Crippen LogP contribution < -0.4 is 0 Å². The quantitative estimate of drug-likeness (QED) is 0.799. The Bertz CT molecular complexity index is 722. The van der Waals surface area contributed by atoms with Gasteiger partial charge < -0.3 is 0 Å². The number of hydrogen-bond donors (Lipinski definition) is 0. The minimum absolute atomic E-state index is 0.0126. The number of amides is 2. The van der Waals surface area contributed by atoms with E-state index in [1.165, 1.54) is 10.5 Å². The van der Waals surface area contributed by atoms with Gasteiger partial charge in [-0.2, -0.15) is 0 Å². The highest BCUT2D eigenvalue weighted by atomic mass is 16.2. The van der Waals surface area contributed by atoms with E-state index in [1.807, 2.05) is 24.4 Å². The highest BCUT2D eigenvalue weighted by molar-refractivity contribution is 6.21. The molecule has 1 saturated carbocycles. The number of pyridine rings is 1. The van der Waals surface area contributed by atoms with Crippen molar-refractivity contribution in [1.82, 2.24) is 9.88 Å². The van der Waals surface area contributed by atoms with Crippen LogP contribution in [0.25, 0.3) is 0 Å². The molecule has 0 N–H and O–H groups in total. The minimum atomic E-state index is -0.137. The third kappa shape index (κ3) is 2.34. The summed E-state index contributed by atoms with van der Waals surface area (Å²) in [4.78, 5) is 31.0. The highest BCUT2D eigenvalue weighted by Crippen LogP contribution is 2.37. The molecule has 2 aliphatic rings. The molecule has 4 nitrogen and oxygen atoms in total. The topological polar surface area (TPSA) is 50.3 Å². The van der Waals surface area contributed by atoms with E-state index in [9.17, 15) is 9.59 Å². The van der Waals surface area contributed by atoms with E-state index in [2.05, 4.69) is 11.1 Å². The van der Waals surface area contributed by atoms with E-state index >= 15 is 0 Å². The van der Waals surface area contributed by atoms with Crippen molar-refractivity contribution in [3.63, 3.8) is 0 Å². The van der Waals surface area contributed by atoms with Crippen molar-refractivity contribution in [3.8, 4) is 0 Å². The van der Waals surface area contributed by atoms with Crippen LogP contribution in [0.15, 0.2) is 48.8 Å². The summed E-state index contributed by atoms with van der Waals surface area (Å²) < 4.78 is 0. The van der Waals surface area contributed by atoms with Crippen molar-refractivity contribution in [2.45, 2.75) is 37.6 Å². The Kier molecular flexibility index (Phi) is 3.45. The number of aromatic nitrogens is 1. The van der Waals surface area contributed by atoms with Crippen molar-refractivity contribution in [3.05, 3.63) is 65.5 Å².